The van der Waals surface area contributed by atoms with Crippen molar-refractivity contribution in [3.8, 4) is 17.6 Å². The van der Waals surface area contributed by atoms with Gasteiger partial charge in [0.25, 0.3) is 0 Å². The summed E-state index contributed by atoms with van der Waals surface area (Å²) in [5.41, 5.74) is 0.173. The average Bonchev–Trinajstić information content (AvgIpc) is 2.53. The quantitative estimate of drug-likeness (QED) is 0.449. The Morgan fingerprint density at radius 1 is 1.27 bits per heavy atom. The van der Waals surface area contributed by atoms with Crippen molar-refractivity contribution < 1.29 is 14.3 Å². The lowest BCUT2D eigenvalue weighted by molar-refractivity contribution is -0.151. The van der Waals surface area contributed by atoms with Crippen LogP contribution in [0, 0.1) is 17.3 Å². The van der Waals surface area contributed by atoms with Crippen LogP contribution in [0.3, 0.4) is 0 Å². The van der Waals surface area contributed by atoms with Gasteiger partial charge in [-0.25, -0.2) is 0 Å². The minimum Gasteiger partial charge on any atom is -0.496 e. The maximum Gasteiger partial charge on any atom is 0.312 e. The van der Waals surface area contributed by atoms with E-state index in [2.05, 4.69) is 18.8 Å². The Bertz CT molecular complexity index is 549. The molecule has 0 aliphatic rings. The predicted molar refractivity (Wildman–Crippen MR) is 88.8 cm³/mol. The van der Waals surface area contributed by atoms with E-state index in [-0.39, 0.29) is 11.9 Å². The summed E-state index contributed by atoms with van der Waals surface area (Å²) < 4.78 is 10.4. The highest BCUT2D eigenvalue weighted by Crippen LogP contribution is 2.40. The molecule has 0 N–H and O–H groups in total. The SMILES string of the molecule is CCCCC#C[C@@H](c1ccccc1OC)C(C)(C)C(=O)OC. The number of rotatable bonds is 6. The molecule has 1 rings (SSSR count). The Hall–Kier alpha value is -1.95. The Morgan fingerprint density at radius 2 is 1.95 bits per heavy atom. The lowest BCUT2D eigenvalue weighted by atomic mass is 9.75. The van der Waals surface area contributed by atoms with Crippen LogP contribution < -0.4 is 4.74 Å². The van der Waals surface area contributed by atoms with Crippen molar-refractivity contribution in [2.75, 3.05) is 14.2 Å². The molecule has 1 aromatic carbocycles. The summed E-state index contributed by atoms with van der Waals surface area (Å²) in [5, 5.41) is 0. The molecule has 0 aromatic heterocycles. The molecule has 0 saturated carbocycles. The van der Waals surface area contributed by atoms with Crippen LogP contribution in [0.1, 0.15) is 51.5 Å². The van der Waals surface area contributed by atoms with Gasteiger partial charge < -0.3 is 9.47 Å². The van der Waals surface area contributed by atoms with E-state index in [1.54, 1.807) is 7.11 Å². The normalized spacial score (nSPS) is 12.0. The highest BCUT2D eigenvalue weighted by atomic mass is 16.5. The lowest BCUT2D eigenvalue weighted by Gasteiger charge is -2.29. The van der Waals surface area contributed by atoms with Crippen LogP contribution >= 0.6 is 0 Å². The van der Waals surface area contributed by atoms with Gasteiger partial charge in [-0.1, -0.05) is 37.5 Å². The molecule has 0 unspecified atom stereocenters. The molecule has 0 spiro atoms. The largest absolute Gasteiger partial charge is 0.496 e. The molecule has 0 radical (unpaired) electrons. The molecule has 22 heavy (non-hydrogen) atoms. The molecule has 0 fully saturated rings. The summed E-state index contributed by atoms with van der Waals surface area (Å²) in [5.74, 6) is 6.68. The number of hydrogen-bond acceptors (Lipinski definition) is 3. The first-order chi connectivity index (χ1) is 10.5. The second-order valence-electron chi connectivity index (χ2n) is 5.81. The van der Waals surface area contributed by atoms with E-state index in [4.69, 9.17) is 9.47 Å². The van der Waals surface area contributed by atoms with Crippen LogP contribution in [0.4, 0.5) is 0 Å². The third-order valence-corrected chi connectivity index (χ3v) is 3.78. The van der Waals surface area contributed by atoms with Crippen molar-refractivity contribution in [3.63, 3.8) is 0 Å². The summed E-state index contributed by atoms with van der Waals surface area (Å²) in [6.07, 6.45) is 3.00. The van der Waals surface area contributed by atoms with Crippen molar-refractivity contribution in [1.29, 1.82) is 0 Å². The van der Waals surface area contributed by atoms with Crippen molar-refractivity contribution >= 4 is 5.97 Å². The van der Waals surface area contributed by atoms with E-state index < -0.39 is 5.41 Å². The van der Waals surface area contributed by atoms with Gasteiger partial charge in [-0.05, 0) is 26.3 Å². The fraction of sp³-hybridized carbons (Fsp3) is 0.526. The first-order valence-electron chi connectivity index (χ1n) is 7.68. The number of carbonyl (C=O) groups excluding carboxylic acids is 1. The summed E-state index contributed by atoms with van der Waals surface area (Å²) in [4.78, 5) is 12.2. The Labute approximate surface area is 134 Å². The Morgan fingerprint density at radius 3 is 2.55 bits per heavy atom. The molecular formula is C19H26O3. The minimum atomic E-state index is -0.747. The lowest BCUT2D eigenvalue weighted by Crippen LogP contribution is -2.32. The molecule has 3 nitrogen and oxygen atoms in total. The van der Waals surface area contributed by atoms with E-state index >= 15 is 0 Å². The molecule has 0 heterocycles. The van der Waals surface area contributed by atoms with E-state index in [0.29, 0.717) is 0 Å². The standard InChI is InChI=1S/C19H26O3/c1-6-7-8-9-13-16(19(2,3)18(20)22-5)15-12-10-11-14-17(15)21-4/h10-12,14,16H,6-8H2,1-5H3/t16-/m0/s1. The fourth-order valence-electron chi connectivity index (χ4n) is 2.37. The number of benzene rings is 1. The van der Waals surface area contributed by atoms with E-state index in [1.165, 1.54) is 7.11 Å². The highest BCUT2D eigenvalue weighted by molar-refractivity contribution is 5.78. The van der Waals surface area contributed by atoms with Crippen LogP contribution in [0.15, 0.2) is 24.3 Å². The molecule has 1 aromatic rings. The van der Waals surface area contributed by atoms with Crippen LogP contribution in [-0.4, -0.2) is 20.2 Å². The van der Waals surface area contributed by atoms with Crippen molar-refractivity contribution in [1.82, 2.24) is 0 Å². The average molecular weight is 302 g/mol. The van der Waals surface area contributed by atoms with Gasteiger partial charge in [-0.15, -0.1) is 5.92 Å². The highest BCUT2D eigenvalue weighted by Gasteiger charge is 2.39. The zero-order chi connectivity index (χ0) is 16.6. The topological polar surface area (TPSA) is 35.5 Å². The molecule has 0 aliphatic heterocycles. The number of carbonyl (C=O) groups is 1. The summed E-state index contributed by atoms with van der Waals surface area (Å²) in [6, 6.07) is 7.70. The molecule has 3 heteroatoms. The smallest absolute Gasteiger partial charge is 0.312 e. The van der Waals surface area contributed by atoms with E-state index in [0.717, 1.165) is 30.6 Å². The van der Waals surface area contributed by atoms with Crippen LogP contribution in [0.25, 0.3) is 0 Å². The number of unbranched alkanes of at least 4 members (excludes halogenated alkanes) is 2. The van der Waals surface area contributed by atoms with Crippen LogP contribution in [-0.2, 0) is 9.53 Å². The number of ether oxygens (including phenoxy) is 2. The number of hydrogen-bond donors (Lipinski definition) is 0. The third-order valence-electron chi connectivity index (χ3n) is 3.78. The maximum absolute atomic E-state index is 12.2. The molecule has 0 saturated heterocycles. The van der Waals surface area contributed by atoms with Gasteiger partial charge in [0.05, 0.1) is 25.6 Å². The van der Waals surface area contributed by atoms with Gasteiger partial charge in [0, 0.05) is 12.0 Å². The monoisotopic (exact) mass is 302 g/mol. The fourth-order valence-corrected chi connectivity index (χ4v) is 2.37. The summed E-state index contributed by atoms with van der Waals surface area (Å²) in [6.45, 7) is 5.87. The van der Waals surface area contributed by atoms with Gasteiger partial charge in [-0.2, -0.15) is 0 Å². The minimum absolute atomic E-state index is 0.270. The molecule has 0 amide bonds. The zero-order valence-corrected chi connectivity index (χ0v) is 14.2. The Kier molecular flexibility index (Phi) is 6.98. The molecule has 0 aliphatic carbocycles. The van der Waals surface area contributed by atoms with E-state index in [1.807, 2.05) is 38.1 Å². The van der Waals surface area contributed by atoms with Crippen LogP contribution in [0.5, 0.6) is 5.75 Å². The summed E-state index contributed by atoms with van der Waals surface area (Å²) in [7, 11) is 3.04. The Balaban J connectivity index is 3.26. The van der Waals surface area contributed by atoms with Gasteiger partial charge >= 0.3 is 5.97 Å². The first kappa shape index (κ1) is 18.1. The predicted octanol–water partition coefficient (Wildman–Crippen LogP) is 4.17. The molecule has 0 bridgehead atoms. The zero-order valence-electron chi connectivity index (χ0n) is 14.2. The van der Waals surface area contributed by atoms with Gasteiger partial charge in [0.1, 0.15) is 5.75 Å². The molecule has 1 atom stereocenters. The second kappa shape index (κ2) is 8.48. The molecule has 120 valence electrons. The van der Waals surface area contributed by atoms with Gasteiger partial charge in [0.2, 0.25) is 0 Å². The van der Waals surface area contributed by atoms with Crippen molar-refractivity contribution in [2.45, 2.75) is 46.0 Å². The second-order valence-corrected chi connectivity index (χ2v) is 5.81. The number of para-hydroxylation sites is 1. The number of esters is 1. The van der Waals surface area contributed by atoms with Crippen molar-refractivity contribution in [3.05, 3.63) is 29.8 Å². The maximum atomic E-state index is 12.2. The van der Waals surface area contributed by atoms with Crippen molar-refractivity contribution in [2.24, 2.45) is 5.41 Å². The third kappa shape index (κ3) is 4.27. The van der Waals surface area contributed by atoms with Crippen LogP contribution in [0.2, 0.25) is 0 Å². The number of methoxy groups -OCH3 is 2. The van der Waals surface area contributed by atoms with E-state index in [9.17, 15) is 4.79 Å². The first-order valence-corrected chi connectivity index (χ1v) is 7.68. The van der Waals surface area contributed by atoms with Gasteiger partial charge in [0.15, 0.2) is 0 Å². The van der Waals surface area contributed by atoms with Gasteiger partial charge in [-0.3, -0.25) is 4.79 Å². The molecular weight excluding hydrogens is 276 g/mol. The summed E-state index contributed by atoms with van der Waals surface area (Å²) >= 11 is 0.